The topological polar surface area (TPSA) is 91.2 Å². The van der Waals surface area contributed by atoms with Crippen molar-refractivity contribution in [1.29, 1.82) is 0 Å². The molecule has 3 amide bonds. The van der Waals surface area contributed by atoms with E-state index >= 15 is 0 Å². The Bertz CT molecular complexity index is 629. The molecule has 0 aliphatic carbocycles. The minimum absolute atomic E-state index is 0.0848. The number of amides is 3. The van der Waals surface area contributed by atoms with Crippen LogP contribution in [0.1, 0.15) is 32.8 Å². The van der Waals surface area contributed by atoms with Gasteiger partial charge in [0.25, 0.3) is 5.91 Å². The normalized spacial score (nSPS) is 21.5. The van der Waals surface area contributed by atoms with Gasteiger partial charge in [0.15, 0.2) is 11.5 Å². The molecule has 1 aliphatic heterocycles. The summed E-state index contributed by atoms with van der Waals surface area (Å²) >= 11 is 0. The highest BCUT2D eigenvalue weighted by Gasteiger charge is 2.46. The summed E-state index contributed by atoms with van der Waals surface area (Å²) in [5, 5.41) is 17.3. The van der Waals surface area contributed by atoms with Crippen molar-refractivity contribution in [3.8, 4) is 11.5 Å². The Morgan fingerprint density at radius 2 is 2.14 bits per heavy atom. The molecule has 1 aromatic carbocycles. The first-order valence-corrected chi connectivity index (χ1v) is 7.08. The van der Waals surface area contributed by atoms with E-state index in [0.29, 0.717) is 24.3 Å². The maximum absolute atomic E-state index is 12.2. The van der Waals surface area contributed by atoms with Crippen LogP contribution in [0.15, 0.2) is 23.3 Å². The molecule has 2 N–H and O–H groups in total. The molecule has 2 rings (SSSR count). The molecule has 0 bridgehead atoms. The van der Waals surface area contributed by atoms with Crippen LogP contribution in [0.2, 0.25) is 0 Å². The number of para-hydroxylation sites is 1. The number of nitrogens with zero attached hydrogens (tertiary/aromatic N) is 2. The molecular weight excluding hydrogens is 286 g/mol. The third-order valence-electron chi connectivity index (χ3n) is 3.59. The largest absolute Gasteiger partial charge is 0.504 e. The van der Waals surface area contributed by atoms with Gasteiger partial charge >= 0.3 is 6.03 Å². The van der Waals surface area contributed by atoms with Crippen molar-refractivity contribution in [3.05, 3.63) is 23.8 Å². The standard InChI is InChI=1S/C15H19N3O4/c1-4-15(3)13(20)18(14(21)17-15)16-9-10-7-6-8-11(12(10)19)22-5-2/h6-9,19H,4-5H2,1-3H3,(H,17,21)/b16-9+/t15-/m0/s1. The lowest BCUT2D eigenvalue weighted by atomic mass is 10.00. The van der Waals surface area contributed by atoms with Crippen LogP contribution in [0.3, 0.4) is 0 Å². The monoisotopic (exact) mass is 305 g/mol. The van der Waals surface area contributed by atoms with Crippen molar-refractivity contribution in [2.75, 3.05) is 6.61 Å². The number of ether oxygens (including phenoxy) is 1. The first kappa shape index (κ1) is 15.8. The number of urea groups is 1. The molecular formula is C15H19N3O4. The predicted molar refractivity (Wildman–Crippen MR) is 80.9 cm³/mol. The van der Waals surface area contributed by atoms with Gasteiger partial charge in [0, 0.05) is 5.56 Å². The number of carbonyl (C=O) groups is 2. The fraction of sp³-hybridized carbons (Fsp3) is 0.400. The third-order valence-corrected chi connectivity index (χ3v) is 3.59. The van der Waals surface area contributed by atoms with Crippen molar-refractivity contribution < 1.29 is 19.4 Å². The Labute approximate surface area is 128 Å². The Morgan fingerprint density at radius 3 is 2.73 bits per heavy atom. The van der Waals surface area contributed by atoms with Gasteiger partial charge in [-0.15, -0.1) is 5.01 Å². The van der Waals surface area contributed by atoms with Crippen LogP contribution >= 0.6 is 0 Å². The Morgan fingerprint density at radius 1 is 1.41 bits per heavy atom. The summed E-state index contributed by atoms with van der Waals surface area (Å²) in [6, 6.07) is 4.34. The number of phenols is 1. The molecule has 1 heterocycles. The quantitative estimate of drug-likeness (QED) is 0.641. The average Bonchev–Trinajstić information content (AvgIpc) is 2.71. The fourth-order valence-corrected chi connectivity index (χ4v) is 2.05. The summed E-state index contributed by atoms with van der Waals surface area (Å²) in [7, 11) is 0. The van der Waals surface area contributed by atoms with Crippen LogP contribution in [0, 0.1) is 0 Å². The predicted octanol–water partition coefficient (Wildman–Crippen LogP) is 1.85. The van der Waals surface area contributed by atoms with E-state index in [0.717, 1.165) is 5.01 Å². The van der Waals surface area contributed by atoms with E-state index in [2.05, 4.69) is 10.4 Å². The van der Waals surface area contributed by atoms with Crippen LogP contribution in [-0.2, 0) is 4.79 Å². The van der Waals surface area contributed by atoms with E-state index in [4.69, 9.17) is 4.74 Å². The van der Waals surface area contributed by atoms with E-state index in [1.165, 1.54) is 6.21 Å². The number of benzene rings is 1. The summed E-state index contributed by atoms with van der Waals surface area (Å²) in [5.41, 5.74) is -0.583. The number of imide groups is 1. The van der Waals surface area contributed by atoms with E-state index in [-0.39, 0.29) is 5.75 Å². The van der Waals surface area contributed by atoms with Gasteiger partial charge in [-0.2, -0.15) is 5.10 Å². The first-order valence-electron chi connectivity index (χ1n) is 7.08. The molecule has 1 fully saturated rings. The highest BCUT2D eigenvalue weighted by atomic mass is 16.5. The van der Waals surface area contributed by atoms with E-state index in [9.17, 15) is 14.7 Å². The lowest BCUT2D eigenvalue weighted by molar-refractivity contribution is -0.130. The molecule has 7 nitrogen and oxygen atoms in total. The van der Waals surface area contributed by atoms with Crippen LogP contribution in [0.25, 0.3) is 0 Å². The average molecular weight is 305 g/mol. The second-order valence-electron chi connectivity index (χ2n) is 5.10. The molecule has 1 aliphatic rings. The van der Waals surface area contributed by atoms with Crippen LogP contribution in [0.4, 0.5) is 4.79 Å². The fourth-order valence-electron chi connectivity index (χ4n) is 2.05. The van der Waals surface area contributed by atoms with E-state index in [1.807, 2.05) is 6.92 Å². The second-order valence-corrected chi connectivity index (χ2v) is 5.10. The van der Waals surface area contributed by atoms with E-state index < -0.39 is 17.5 Å². The molecule has 0 aromatic heterocycles. The van der Waals surface area contributed by atoms with Crippen LogP contribution in [0.5, 0.6) is 11.5 Å². The summed E-state index contributed by atoms with van der Waals surface area (Å²) in [5.74, 6) is -0.183. The highest BCUT2D eigenvalue weighted by molar-refractivity contribution is 6.07. The van der Waals surface area contributed by atoms with Crippen molar-refractivity contribution in [2.24, 2.45) is 5.10 Å². The van der Waals surface area contributed by atoms with Gasteiger partial charge in [0.2, 0.25) is 0 Å². The zero-order valence-electron chi connectivity index (χ0n) is 12.8. The summed E-state index contributed by atoms with van der Waals surface area (Å²) < 4.78 is 5.27. The van der Waals surface area contributed by atoms with Gasteiger partial charge in [0.1, 0.15) is 5.54 Å². The van der Waals surface area contributed by atoms with Crippen LogP contribution < -0.4 is 10.1 Å². The van der Waals surface area contributed by atoms with Crippen molar-refractivity contribution in [3.63, 3.8) is 0 Å². The molecule has 118 valence electrons. The lowest BCUT2D eigenvalue weighted by Gasteiger charge is -2.17. The number of nitrogens with one attached hydrogen (secondary N) is 1. The highest BCUT2D eigenvalue weighted by Crippen LogP contribution is 2.29. The first-order chi connectivity index (χ1) is 10.4. The molecule has 0 unspecified atom stereocenters. The summed E-state index contributed by atoms with van der Waals surface area (Å²) in [6.07, 6.45) is 1.73. The van der Waals surface area contributed by atoms with Gasteiger partial charge in [0.05, 0.1) is 12.8 Å². The molecule has 7 heteroatoms. The molecule has 0 radical (unpaired) electrons. The molecule has 0 spiro atoms. The zero-order valence-corrected chi connectivity index (χ0v) is 12.8. The SMILES string of the molecule is CCOc1cccc(/C=N/N2C(=O)N[C@@](C)(CC)C2=O)c1O. The maximum atomic E-state index is 12.2. The summed E-state index contributed by atoms with van der Waals surface area (Å²) in [4.78, 5) is 24.0. The van der Waals surface area contributed by atoms with Crippen LogP contribution in [-0.4, -0.2) is 40.4 Å². The third kappa shape index (κ3) is 2.74. The number of carbonyl (C=O) groups excluding carboxylic acids is 2. The van der Waals surface area contributed by atoms with Crippen molar-refractivity contribution >= 4 is 18.2 Å². The number of phenolic OH excluding ortho intramolecular Hbond substituents is 1. The molecule has 22 heavy (non-hydrogen) atoms. The van der Waals surface area contributed by atoms with Gasteiger partial charge in [-0.25, -0.2) is 4.79 Å². The number of hydrazone groups is 1. The van der Waals surface area contributed by atoms with Gasteiger partial charge < -0.3 is 15.2 Å². The Balaban J connectivity index is 2.24. The smallest absolute Gasteiger partial charge is 0.346 e. The zero-order chi connectivity index (χ0) is 16.3. The molecule has 1 atom stereocenters. The van der Waals surface area contributed by atoms with Gasteiger partial charge in [-0.05, 0) is 32.4 Å². The minimum atomic E-state index is -0.941. The Kier molecular flexibility index (Phi) is 4.35. The molecule has 1 saturated heterocycles. The second kappa shape index (κ2) is 6.05. The number of aromatic hydroxyl groups is 1. The Hall–Kier alpha value is -2.57. The number of rotatable bonds is 5. The van der Waals surface area contributed by atoms with Gasteiger partial charge in [-0.3, -0.25) is 4.79 Å². The van der Waals surface area contributed by atoms with Gasteiger partial charge in [-0.1, -0.05) is 13.0 Å². The number of hydrogen-bond donors (Lipinski definition) is 2. The molecule has 0 saturated carbocycles. The van der Waals surface area contributed by atoms with E-state index in [1.54, 1.807) is 32.0 Å². The number of hydrogen-bond acceptors (Lipinski definition) is 5. The molecule has 1 aromatic rings. The van der Waals surface area contributed by atoms with Crippen molar-refractivity contribution in [2.45, 2.75) is 32.7 Å². The minimum Gasteiger partial charge on any atom is -0.504 e. The maximum Gasteiger partial charge on any atom is 0.346 e. The summed E-state index contributed by atoms with van der Waals surface area (Å²) in [6.45, 7) is 5.67. The lowest BCUT2D eigenvalue weighted by Crippen LogP contribution is -2.42. The van der Waals surface area contributed by atoms with Crippen molar-refractivity contribution in [1.82, 2.24) is 10.3 Å².